The van der Waals surface area contributed by atoms with Gasteiger partial charge in [-0.25, -0.2) is 0 Å². The van der Waals surface area contributed by atoms with E-state index in [1.807, 2.05) is 36.4 Å². The van der Waals surface area contributed by atoms with Crippen molar-refractivity contribution in [1.29, 1.82) is 0 Å². The second-order valence-corrected chi connectivity index (χ2v) is 4.66. The van der Waals surface area contributed by atoms with Gasteiger partial charge in [-0.05, 0) is 11.6 Å². The zero-order valence-corrected chi connectivity index (χ0v) is 12.5. The average molecular weight is 293 g/mol. The largest absolute Gasteiger partial charge is 0.496 e. The van der Waals surface area contributed by atoms with Crippen molar-refractivity contribution < 1.29 is 14.2 Å². The van der Waals surface area contributed by atoms with E-state index in [1.165, 1.54) is 0 Å². The van der Waals surface area contributed by atoms with Crippen LogP contribution in [0.5, 0.6) is 17.2 Å². The zero-order chi connectivity index (χ0) is 14.5. The number of rotatable bonds is 5. The van der Waals surface area contributed by atoms with Gasteiger partial charge in [-0.3, -0.25) is 0 Å². The number of hydrogen-bond donors (Lipinski definition) is 0. The molecule has 0 aliphatic rings. The Kier molecular flexibility index (Phi) is 4.74. The lowest BCUT2D eigenvalue weighted by Crippen LogP contribution is -2.00. The average Bonchev–Trinajstić information content (AvgIpc) is 2.53. The lowest BCUT2D eigenvalue weighted by molar-refractivity contribution is 0.347. The molecule has 0 radical (unpaired) electrons. The summed E-state index contributed by atoms with van der Waals surface area (Å²) in [6.45, 7) is 0. The fourth-order valence-corrected chi connectivity index (χ4v) is 2.37. The number of alkyl halides is 1. The Morgan fingerprint density at radius 3 is 1.90 bits per heavy atom. The Balaban J connectivity index is 2.49. The Morgan fingerprint density at radius 2 is 1.35 bits per heavy atom. The summed E-state index contributed by atoms with van der Waals surface area (Å²) in [5.41, 5.74) is 1.85. The van der Waals surface area contributed by atoms with Crippen LogP contribution in [0.15, 0.2) is 42.5 Å². The van der Waals surface area contributed by atoms with Crippen LogP contribution in [0.2, 0.25) is 0 Å². The van der Waals surface area contributed by atoms with Gasteiger partial charge in [-0.1, -0.05) is 30.3 Å². The minimum Gasteiger partial charge on any atom is -0.496 e. The predicted octanol–water partition coefficient (Wildman–Crippen LogP) is 4.04. The molecule has 0 aliphatic carbocycles. The maximum absolute atomic E-state index is 6.56. The van der Waals surface area contributed by atoms with Gasteiger partial charge in [0.1, 0.15) is 5.75 Å². The van der Waals surface area contributed by atoms with E-state index in [2.05, 4.69) is 0 Å². The molecule has 0 aromatic heterocycles. The maximum Gasteiger partial charge on any atom is 0.164 e. The van der Waals surface area contributed by atoms with E-state index in [9.17, 15) is 0 Å². The van der Waals surface area contributed by atoms with Crippen LogP contribution in [0, 0.1) is 0 Å². The summed E-state index contributed by atoms with van der Waals surface area (Å²) < 4.78 is 16.0. The second-order valence-electron chi connectivity index (χ2n) is 4.22. The summed E-state index contributed by atoms with van der Waals surface area (Å²) in [5.74, 6) is 1.92. The number of halogens is 1. The van der Waals surface area contributed by atoms with E-state index in [0.717, 1.165) is 11.1 Å². The van der Waals surface area contributed by atoms with Gasteiger partial charge in [0.15, 0.2) is 11.5 Å². The molecule has 0 bridgehead atoms. The van der Waals surface area contributed by atoms with Gasteiger partial charge < -0.3 is 14.2 Å². The van der Waals surface area contributed by atoms with Crippen LogP contribution in [-0.4, -0.2) is 21.3 Å². The van der Waals surface area contributed by atoms with Crippen molar-refractivity contribution in [2.75, 3.05) is 21.3 Å². The molecule has 0 heterocycles. The third kappa shape index (κ3) is 2.83. The molecule has 2 aromatic carbocycles. The molecular weight excluding hydrogens is 276 g/mol. The van der Waals surface area contributed by atoms with E-state index in [-0.39, 0.29) is 5.38 Å². The van der Waals surface area contributed by atoms with Crippen molar-refractivity contribution in [3.63, 3.8) is 0 Å². The lowest BCUT2D eigenvalue weighted by Gasteiger charge is -2.17. The summed E-state index contributed by atoms with van der Waals surface area (Å²) in [5, 5.41) is -0.314. The first-order valence-corrected chi connectivity index (χ1v) is 6.63. The van der Waals surface area contributed by atoms with Crippen molar-refractivity contribution in [1.82, 2.24) is 0 Å². The van der Waals surface area contributed by atoms with E-state index < -0.39 is 0 Å². The van der Waals surface area contributed by atoms with Gasteiger partial charge >= 0.3 is 0 Å². The van der Waals surface area contributed by atoms with Crippen LogP contribution >= 0.6 is 11.6 Å². The molecule has 0 saturated carbocycles. The minimum atomic E-state index is -0.314. The van der Waals surface area contributed by atoms with Gasteiger partial charge in [0.2, 0.25) is 0 Å². The molecule has 1 atom stereocenters. The predicted molar refractivity (Wildman–Crippen MR) is 80.2 cm³/mol. The molecule has 2 rings (SSSR count). The van der Waals surface area contributed by atoms with Crippen LogP contribution < -0.4 is 14.2 Å². The van der Waals surface area contributed by atoms with Crippen molar-refractivity contribution in [2.24, 2.45) is 0 Å². The molecule has 20 heavy (non-hydrogen) atoms. The molecule has 0 saturated heterocycles. The molecular formula is C16H17ClO3. The summed E-state index contributed by atoms with van der Waals surface area (Å²) in [6, 6.07) is 13.5. The van der Waals surface area contributed by atoms with Gasteiger partial charge in [0.05, 0.1) is 26.7 Å². The SMILES string of the molecule is COc1cc(OC)c(C(Cl)c2ccccc2)cc1OC. The first-order valence-electron chi connectivity index (χ1n) is 6.20. The van der Waals surface area contributed by atoms with Crippen LogP contribution in [-0.2, 0) is 0 Å². The fraction of sp³-hybridized carbons (Fsp3) is 0.250. The van der Waals surface area contributed by atoms with E-state index in [0.29, 0.717) is 17.2 Å². The normalized spacial score (nSPS) is 11.8. The monoisotopic (exact) mass is 292 g/mol. The zero-order valence-electron chi connectivity index (χ0n) is 11.7. The van der Waals surface area contributed by atoms with Gasteiger partial charge in [0.25, 0.3) is 0 Å². The highest BCUT2D eigenvalue weighted by atomic mass is 35.5. The molecule has 2 aromatic rings. The maximum atomic E-state index is 6.56. The molecule has 0 amide bonds. The molecule has 0 spiro atoms. The standard InChI is InChI=1S/C16H17ClO3/c1-18-13-10-15(20-3)14(19-2)9-12(13)16(17)11-7-5-4-6-8-11/h4-10,16H,1-3H3. The van der Waals surface area contributed by atoms with E-state index in [4.69, 9.17) is 25.8 Å². The number of benzene rings is 2. The lowest BCUT2D eigenvalue weighted by atomic mass is 10.0. The van der Waals surface area contributed by atoms with Crippen molar-refractivity contribution in [3.05, 3.63) is 53.6 Å². The molecule has 3 nitrogen and oxygen atoms in total. The number of ether oxygens (including phenoxy) is 3. The summed E-state index contributed by atoms with van der Waals surface area (Å²) in [6.07, 6.45) is 0. The number of hydrogen-bond acceptors (Lipinski definition) is 3. The third-order valence-electron chi connectivity index (χ3n) is 3.10. The van der Waals surface area contributed by atoms with Crippen LogP contribution in [0.4, 0.5) is 0 Å². The Hall–Kier alpha value is -1.87. The summed E-state index contributed by atoms with van der Waals surface area (Å²) in [7, 11) is 4.80. The second kappa shape index (κ2) is 6.53. The van der Waals surface area contributed by atoms with Gasteiger partial charge in [-0.15, -0.1) is 11.6 Å². The highest BCUT2D eigenvalue weighted by molar-refractivity contribution is 6.22. The number of methoxy groups -OCH3 is 3. The van der Waals surface area contributed by atoms with Crippen LogP contribution in [0.3, 0.4) is 0 Å². The van der Waals surface area contributed by atoms with E-state index >= 15 is 0 Å². The summed E-state index contributed by atoms with van der Waals surface area (Å²) in [4.78, 5) is 0. The Bertz CT molecular complexity index is 569. The molecule has 106 valence electrons. The highest BCUT2D eigenvalue weighted by Gasteiger charge is 2.19. The van der Waals surface area contributed by atoms with Crippen molar-refractivity contribution >= 4 is 11.6 Å². The third-order valence-corrected chi connectivity index (χ3v) is 3.59. The molecule has 0 N–H and O–H groups in total. The van der Waals surface area contributed by atoms with Gasteiger partial charge in [0, 0.05) is 11.6 Å². The summed E-state index contributed by atoms with van der Waals surface area (Å²) >= 11 is 6.56. The quantitative estimate of drug-likeness (QED) is 0.779. The molecule has 1 unspecified atom stereocenters. The highest BCUT2D eigenvalue weighted by Crippen LogP contribution is 2.41. The first kappa shape index (κ1) is 14.5. The first-order chi connectivity index (χ1) is 9.71. The van der Waals surface area contributed by atoms with Crippen molar-refractivity contribution in [3.8, 4) is 17.2 Å². The fourth-order valence-electron chi connectivity index (χ4n) is 2.05. The Labute approximate surface area is 124 Å². The molecule has 0 aliphatic heterocycles. The topological polar surface area (TPSA) is 27.7 Å². The van der Waals surface area contributed by atoms with E-state index in [1.54, 1.807) is 27.4 Å². The van der Waals surface area contributed by atoms with Crippen LogP contribution in [0.1, 0.15) is 16.5 Å². The van der Waals surface area contributed by atoms with Crippen molar-refractivity contribution in [2.45, 2.75) is 5.38 Å². The minimum absolute atomic E-state index is 0.314. The smallest absolute Gasteiger partial charge is 0.164 e. The van der Waals surface area contributed by atoms with Crippen LogP contribution in [0.25, 0.3) is 0 Å². The van der Waals surface area contributed by atoms with Gasteiger partial charge in [-0.2, -0.15) is 0 Å². The molecule has 4 heteroatoms. The molecule has 0 fully saturated rings. The Morgan fingerprint density at radius 1 is 0.800 bits per heavy atom.